The van der Waals surface area contributed by atoms with Crippen molar-refractivity contribution in [1.29, 1.82) is 0 Å². The highest BCUT2D eigenvalue weighted by Crippen LogP contribution is 2.16. The van der Waals surface area contributed by atoms with Gasteiger partial charge in [0.2, 0.25) is 0 Å². The maximum absolute atomic E-state index is 12.3. The van der Waals surface area contributed by atoms with Crippen LogP contribution in [-0.4, -0.2) is 48.0 Å². The van der Waals surface area contributed by atoms with E-state index in [0.717, 1.165) is 0 Å². The van der Waals surface area contributed by atoms with Gasteiger partial charge in [0.1, 0.15) is 5.82 Å². The molecule has 96 valence electrons. The molecule has 0 unspecified atom stereocenters. The van der Waals surface area contributed by atoms with Crippen LogP contribution in [-0.2, 0) is 17.1 Å². The van der Waals surface area contributed by atoms with Crippen molar-refractivity contribution < 1.29 is 8.42 Å². The Morgan fingerprint density at radius 2 is 2.24 bits per heavy atom. The summed E-state index contributed by atoms with van der Waals surface area (Å²) in [5.74, 6) is 0.701. The molecule has 1 atom stereocenters. The van der Waals surface area contributed by atoms with Gasteiger partial charge >= 0.3 is 0 Å². The summed E-state index contributed by atoms with van der Waals surface area (Å²) < 4.78 is 27.9. The zero-order chi connectivity index (χ0) is 12.6. The van der Waals surface area contributed by atoms with Crippen LogP contribution in [0, 0.1) is 6.92 Å². The van der Waals surface area contributed by atoms with Crippen LogP contribution in [0.5, 0.6) is 0 Å². The predicted molar refractivity (Wildman–Crippen MR) is 64.2 cm³/mol. The van der Waals surface area contributed by atoms with Crippen molar-refractivity contribution in [2.75, 3.05) is 19.6 Å². The van der Waals surface area contributed by atoms with E-state index in [1.165, 1.54) is 4.31 Å². The van der Waals surface area contributed by atoms with E-state index in [4.69, 9.17) is 0 Å². The first-order chi connectivity index (χ1) is 7.91. The van der Waals surface area contributed by atoms with E-state index in [0.29, 0.717) is 25.5 Å². The molecule has 1 aromatic heterocycles. The van der Waals surface area contributed by atoms with Gasteiger partial charge in [-0.3, -0.25) is 0 Å². The van der Waals surface area contributed by atoms with Crippen LogP contribution in [0.3, 0.4) is 0 Å². The van der Waals surface area contributed by atoms with E-state index >= 15 is 0 Å². The van der Waals surface area contributed by atoms with Gasteiger partial charge < -0.3 is 9.88 Å². The molecule has 0 aliphatic carbocycles. The second-order valence-corrected chi connectivity index (χ2v) is 6.34. The summed E-state index contributed by atoms with van der Waals surface area (Å²) in [5, 5.41) is 3.37. The molecule has 1 aliphatic rings. The third kappa shape index (κ3) is 2.36. The standard InChI is InChI=1S/C10H18N4O2S/c1-8-6-14(5-4-11-8)17(15,16)10-7-13(3)9(2)12-10/h7-8,11H,4-6H2,1-3H3/t8-/m1/s1. The van der Waals surface area contributed by atoms with E-state index in [-0.39, 0.29) is 11.1 Å². The van der Waals surface area contributed by atoms with Gasteiger partial charge in [-0.2, -0.15) is 4.31 Å². The highest BCUT2D eigenvalue weighted by molar-refractivity contribution is 7.89. The van der Waals surface area contributed by atoms with Crippen molar-refractivity contribution in [2.24, 2.45) is 7.05 Å². The monoisotopic (exact) mass is 258 g/mol. The molecule has 7 heteroatoms. The van der Waals surface area contributed by atoms with Crippen LogP contribution >= 0.6 is 0 Å². The van der Waals surface area contributed by atoms with E-state index in [9.17, 15) is 8.42 Å². The maximum atomic E-state index is 12.3. The molecule has 0 radical (unpaired) electrons. The number of aromatic nitrogens is 2. The summed E-state index contributed by atoms with van der Waals surface area (Å²) in [6.45, 7) is 5.46. The Bertz CT molecular complexity index is 489. The van der Waals surface area contributed by atoms with Crippen molar-refractivity contribution in [3.05, 3.63) is 12.0 Å². The predicted octanol–water partition coefficient (Wildman–Crippen LogP) is -0.289. The third-order valence-corrected chi connectivity index (χ3v) is 4.76. The highest BCUT2D eigenvalue weighted by atomic mass is 32.2. The van der Waals surface area contributed by atoms with Crippen molar-refractivity contribution in [3.8, 4) is 0 Å². The number of imidazole rings is 1. The van der Waals surface area contributed by atoms with Crippen LogP contribution in [0.25, 0.3) is 0 Å². The molecule has 2 heterocycles. The van der Waals surface area contributed by atoms with Crippen LogP contribution in [0.1, 0.15) is 12.7 Å². The Morgan fingerprint density at radius 3 is 2.76 bits per heavy atom. The largest absolute Gasteiger partial charge is 0.337 e. The molecule has 6 nitrogen and oxygen atoms in total. The first-order valence-electron chi connectivity index (χ1n) is 5.65. The molecule has 1 N–H and O–H groups in total. The Hall–Kier alpha value is -0.920. The lowest BCUT2D eigenvalue weighted by Gasteiger charge is -2.30. The number of nitrogens with one attached hydrogen (secondary N) is 1. The van der Waals surface area contributed by atoms with Gasteiger partial charge in [0.15, 0.2) is 5.03 Å². The second-order valence-electron chi connectivity index (χ2n) is 4.46. The van der Waals surface area contributed by atoms with E-state index in [1.807, 2.05) is 6.92 Å². The van der Waals surface area contributed by atoms with E-state index in [1.54, 1.807) is 24.7 Å². The van der Waals surface area contributed by atoms with Gasteiger partial charge in [-0.15, -0.1) is 0 Å². The molecule has 0 spiro atoms. The molecular weight excluding hydrogens is 240 g/mol. The Morgan fingerprint density at radius 1 is 1.53 bits per heavy atom. The van der Waals surface area contributed by atoms with Gasteiger partial charge in [-0.05, 0) is 13.8 Å². The Labute approximate surface area is 102 Å². The van der Waals surface area contributed by atoms with Crippen LogP contribution in [0.4, 0.5) is 0 Å². The smallest absolute Gasteiger partial charge is 0.262 e. The number of hydrogen-bond donors (Lipinski definition) is 1. The molecular formula is C10H18N4O2S. The fourth-order valence-electron chi connectivity index (χ4n) is 1.90. The molecule has 2 rings (SSSR count). The molecule has 0 aromatic carbocycles. The van der Waals surface area contributed by atoms with Crippen molar-refractivity contribution in [2.45, 2.75) is 24.9 Å². The average molecular weight is 258 g/mol. The average Bonchev–Trinajstić information content (AvgIpc) is 2.60. The number of hydrogen-bond acceptors (Lipinski definition) is 4. The molecule has 1 aromatic rings. The molecule has 0 bridgehead atoms. The van der Waals surface area contributed by atoms with Crippen LogP contribution in [0.15, 0.2) is 11.2 Å². The summed E-state index contributed by atoms with van der Waals surface area (Å²) in [5.41, 5.74) is 0. The molecule has 1 fully saturated rings. The van der Waals surface area contributed by atoms with Gasteiger partial charge in [0, 0.05) is 38.9 Å². The minimum Gasteiger partial charge on any atom is -0.337 e. The number of nitrogens with zero attached hydrogens (tertiary/aromatic N) is 3. The van der Waals surface area contributed by atoms with Crippen molar-refractivity contribution >= 4 is 10.0 Å². The Balaban J connectivity index is 2.29. The first kappa shape index (κ1) is 12.5. The summed E-state index contributed by atoms with van der Waals surface area (Å²) in [4.78, 5) is 4.10. The van der Waals surface area contributed by atoms with Crippen molar-refractivity contribution in [3.63, 3.8) is 0 Å². The zero-order valence-corrected chi connectivity index (χ0v) is 11.2. The zero-order valence-electron chi connectivity index (χ0n) is 10.3. The lowest BCUT2D eigenvalue weighted by atomic mass is 10.3. The van der Waals surface area contributed by atoms with Crippen LogP contribution < -0.4 is 5.32 Å². The summed E-state index contributed by atoms with van der Waals surface area (Å²) >= 11 is 0. The summed E-state index contributed by atoms with van der Waals surface area (Å²) in [6, 6.07) is 0.184. The molecule has 17 heavy (non-hydrogen) atoms. The molecule has 0 amide bonds. The van der Waals surface area contributed by atoms with E-state index in [2.05, 4.69) is 10.3 Å². The molecule has 0 saturated carbocycles. The highest BCUT2D eigenvalue weighted by Gasteiger charge is 2.30. The lowest BCUT2D eigenvalue weighted by molar-refractivity contribution is 0.309. The number of aryl methyl sites for hydroxylation is 2. The Kier molecular flexibility index (Phi) is 3.24. The fourth-order valence-corrected chi connectivity index (χ4v) is 3.45. The minimum atomic E-state index is -3.44. The number of piperazine rings is 1. The summed E-state index contributed by atoms with van der Waals surface area (Å²) in [7, 11) is -1.64. The molecule has 1 saturated heterocycles. The fraction of sp³-hybridized carbons (Fsp3) is 0.700. The first-order valence-corrected chi connectivity index (χ1v) is 7.09. The van der Waals surface area contributed by atoms with E-state index < -0.39 is 10.0 Å². The van der Waals surface area contributed by atoms with Gasteiger partial charge in [-0.25, -0.2) is 13.4 Å². The quantitative estimate of drug-likeness (QED) is 0.791. The summed E-state index contributed by atoms with van der Waals surface area (Å²) in [6.07, 6.45) is 1.57. The minimum absolute atomic E-state index is 0.145. The van der Waals surface area contributed by atoms with Crippen molar-refractivity contribution in [1.82, 2.24) is 19.2 Å². The number of sulfonamides is 1. The topological polar surface area (TPSA) is 67.2 Å². The third-order valence-electron chi connectivity index (χ3n) is 3.02. The van der Waals surface area contributed by atoms with Gasteiger partial charge in [0.05, 0.1) is 0 Å². The van der Waals surface area contributed by atoms with Gasteiger partial charge in [0.25, 0.3) is 10.0 Å². The normalized spacial score (nSPS) is 22.9. The molecule has 1 aliphatic heterocycles. The second kappa shape index (κ2) is 4.40. The SMILES string of the molecule is Cc1nc(S(=O)(=O)N2CCN[C@H](C)C2)cn1C. The number of rotatable bonds is 2. The van der Waals surface area contributed by atoms with Gasteiger partial charge in [-0.1, -0.05) is 0 Å². The van der Waals surface area contributed by atoms with Crippen LogP contribution in [0.2, 0.25) is 0 Å². The maximum Gasteiger partial charge on any atom is 0.262 e. The lowest BCUT2D eigenvalue weighted by Crippen LogP contribution is -2.51.